The Balaban J connectivity index is 1.79. The average Bonchev–Trinajstić information content (AvgIpc) is 3.22. The number of carbonyl (C=O) groups is 1. The molecule has 234 valence electrons. The molecule has 9 heteroatoms. The van der Waals surface area contributed by atoms with E-state index >= 15 is 0 Å². The SMILES string of the molecule is Cc1c(C(=O)NCC2(O)CCOCC2)cc(-c2cc(C(C)(C)C)cc(S(=O)(=O)NC(C)(C)C)c2)n1CC1CCCCC1. The quantitative estimate of drug-likeness (QED) is 0.360. The molecule has 0 bridgehead atoms. The van der Waals surface area contributed by atoms with Crippen molar-refractivity contribution in [2.75, 3.05) is 19.8 Å². The number of nitrogens with one attached hydrogen (secondary N) is 2. The number of hydrogen-bond donors (Lipinski definition) is 3. The van der Waals surface area contributed by atoms with E-state index in [0.717, 1.165) is 41.9 Å². The molecule has 42 heavy (non-hydrogen) atoms. The van der Waals surface area contributed by atoms with Crippen LogP contribution >= 0.6 is 0 Å². The van der Waals surface area contributed by atoms with Crippen LogP contribution in [0.2, 0.25) is 0 Å². The maximum absolute atomic E-state index is 13.6. The smallest absolute Gasteiger partial charge is 0.253 e. The molecule has 2 aromatic rings. The van der Waals surface area contributed by atoms with Crippen molar-refractivity contribution >= 4 is 15.9 Å². The van der Waals surface area contributed by atoms with E-state index in [-0.39, 0.29) is 22.8 Å². The number of aliphatic hydroxyl groups is 1. The first kappa shape index (κ1) is 32.7. The zero-order chi connectivity index (χ0) is 30.9. The summed E-state index contributed by atoms with van der Waals surface area (Å²) in [6, 6.07) is 7.47. The van der Waals surface area contributed by atoms with Crippen molar-refractivity contribution in [1.29, 1.82) is 0 Å². The first-order valence-electron chi connectivity index (χ1n) is 15.5. The minimum atomic E-state index is -3.80. The molecular formula is C33H51N3O5S. The van der Waals surface area contributed by atoms with Gasteiger partial charge in [-0.2, -0.15) is 0 Å². The molecule has 1 aliphatic carbocycles. The van der Waals surface area contributed by atoms with Gasteiger partial charge < -0.3 is 19.7 Å². The summed E-state index contributed by atoms with van der Waals surface area (Å²) in [4.78, 5) is 13.8. The highest BCUT2D eigenvalue weighted by molar-refractivity contribution is 7.89. The molecule has 0 radical (unpaired) electrons. The minimum absolute atomic E-state index is 0.165. The van der Waals surface area contributed by atoms with Crippen molar-refractivity contribution in [2.45, 2.75) is 121 Å². The highest BCUT2D eigenvalue weighted by Gasteiger charge is 2.32. The lowest BCUT2D eigenvalue weighted by molar-refractivity contribution is -0.0605. The second kappa shape index (κ2) is 12.4. The van der Waals surface area contributed by atoms with Crippen molar-refractivity contribution in [3.8, 4) is 11.3 Å². The molecule has 1 aliphatic heterocycles. The molecule has 8 nitrogen and oxygen atoms in total. The zero-order valence-electron chi connectivity index (χ0n) is 26.6. The van der Waals surface area contributed by atoms with Gasteiger partial charge in [-0.05, 0) is 87.3 Å². The lowest BCUT2D eigenvalue weighted by Crippen LogP contribution is -2.46. The summed E-state index contributed by atoms with van der Waals surface area (Å²) in [5.74, 6) is 0.268. The fourth-order valence-corrected chi connectivity index (χ4v) is 7.53. The van der Waals surface area contributed by atoms with Crippen molar-refractivity contribution in [3.63, 3.8) is 0 Å². The maximum atomic E-state index is 13.6. The summed E-state index contributed by atoms with van der Waals surface area (Å²) in [7, 11) is -3.80. The van der Waals surface area contributed by atoms with E-state index in [1.807, 2.05) is 33.8 Å². The highest BCUT2D eigenvalue weighted by atomic mass is 32.2. The van der Waals surface area contributed by atoms with Gasteiger partial charge in [-0.15, -0.1) is 0 Å². The minimum Gasteiger partial charge on any atom is -0.388 e. The van der Waals surface area contributed by atoms with Crippen LogP contribution in [0.3, 0.4) is 0 Å². The fraction of sp³-hybridized carbons (Fsp3) is 0.667. The van der Waals surface area contributed by atoms with Gasteiger partial charge in [0.05, 0.1) is 16.1 Å². The summed E-state index contributed by atoms with van der Waals surface area (Å²) < 4.78 is 37.5. The van der Waals surface area contributed by atoms with Crippen LogP contribution in [0.1, 0.15) is 108 Å². The summed E-state index contributed by atoms with van der Waals surface area (Å²) in [5, 5.41) is 13.9. The molecule has 2 aliphatic rings. The molecule has 1 aromatic carbocycles. The van der Waals surface area contributed by atoms with Gasteiger partial charge in [0.15, 0.2) is 0 Å². The number of rotatable bonds is 8. The topological polar surface area (TPSA) is 110 Å². The van der Waals surface area contributed by atoms with Crippen LogP contribution in [0.5, 0.6) is 0 Å². The van der Waals surface area contributed by atoms with Gasteiger partial charge in [-0.1, -0.05) is 40.0 Å². The predicted octanol–water partition coefficient (Wildman–Crippen LogP) is 5.69. The van der Waals surface area contributed by atoms with E-state index in [1.54, 1.807) is 12.1 Å². The van der Waals surface area contributed by atoms with Crippen LogP contribution in [-0.4, -0.2) is 54.9 Å². The molecule has 2 fully saturated rings. The van der Waals surface area contributed by atoms with E-state index in [1.165, 1.54) is 19.3 Å². The lowest BCUT2D eigenvalue weighted by Gasteiger charge is -2.32. The van der Waals surface area contributed by atoms with Crippen LogP contribution < -0.4 is 10.0 Å². The van der Waals surface area contributed by atoms with Gasteiger partial charge in [-0.3, -0.25) is 4.79 Å². The average molecular weight is 602 g/mol. The van der Waals surface area contributed by atoms with Crippen molar-refractivity contribution < 1.29 is 23.1 Å². The second-order valence-electron chi connectivity index (χ2n) is 14.5. The molecule has 4 rings (SSSR count). The van der Waals surface area contributed by atoms with E-state index in [0.29, 0.717) is 37.5 Å². The summed E-state index contributed by atoms with van der Waals surface area (Å²) >= 11 is 0. The Bertz CT molecular complexity index is 1370. The normalized spacial score (nSPS) is 18.7. The third kappa shape index (κ3) is 8.04. The molecule has 1 amide bonds. The van der Waals surface area contributed by atoms with Gasteiger partial charge in [0.2, 0.25) is 10.0 Å². The van der Waals surface area contributed by atoms with Gasteiger partial charge in [0, 0.05) is 56.1 Å². The predicted molar refractivity (Wildman–Crippen MR) is 167 cm³/mol. The van der Waals surface area contributed by atoms with Crippen molar-refractivity contribution in [1.82, 2.24) is 14.6 Å². The molecule has 0 atom stereocenters. The number of benzene rings is 1. The number of nitrogens with zero attached hydrogens (tertiary/aromatic N) is 1. The Morgan fingerprint density at radius 3 is 2.26 bits per heavy atom. The number of carbonyl (C=O) groups excluding carboxylic acids is 1. The summed E-state index contributed by atoms with van der Waals surface area (Å²) in [6.45, 7) is 15.6. The highest BCUT2D eigenvalue weighted by Crippen LogP contribution is 2.35. The van der Waals surface area contributed by atoms with Crippen LogP contribution in [0.4, 0.5) is 0 Å². The van der Waals surface area contributed by atoms with Gasteiger partial charge in [-0.25, -0.2) is 13.1 Å². The molecule has 1 saturated carbocycles. The van der Waals surface area contributed by atoms with E-state index in [9.17, 15) is 18.3 Å². The van der Waals surface area contributed by atoms with Crippen molar-refractivity contribution in [2.24, 2.45) is 5.92 Å². The molecule has 0 spiro atoms. The Labute approximate surface area is 252 Å². The monoisotopic (exact) mass is 601 g/mol. The van der Waals surface area contributed by atoms with Gasteiger partial charge >= 0.3 is 0 Å². The molecule has 1 saturated heterocycles. The molecule has 2 heterocycles. The Hall–Kier alpha value is -2.20. The number of ether oxygens (including phenoxy) is 1. The first-order valence-corrected chi connectivity index (χ1v) is 16.9. The number of amides is 1. The van der Waals surface area contributed by atoms with Crippen LogP contribution in [0.15, 0.2) is 29.2 Å². The fourth-order valence-electron chi connectivity index (χ4n) is 6.04. The number of hydrogen-bond acceptors (Lipinski definition) is 5. The maximum Gasteiger partial charge on any atom is 0.253 e. The Kier molecular flexibility index (Phi) is 9.68. The van der Waals surface area contributed by atoms with Crippen LogP contribution in [-0.2, 0) is 26.7 Å². The van der Waals surface area contributed by atoms with E-state index in [4.69, 9.17) is 4.74 Å². The molecular weight excluding hydrogens is 550 g/mol. The standard InChI is InChI=1S/C33H51N3O5S/c1-23-28(30(37)34-22-33(38)13-15-41-16-14-33)20-29(36(23)21-24-11-9-8-10-12-24)25-17-26(31(2,3)4)19-27(18-25)42(39,40)35-32(5,6)7/h17-20,24,35,38H,8-16,21-22H2,1-7H3,(H,34,37). The lowest BCUT2D eigenvalue weighted by atomic mass is 9.86. The third-order valence-corrected chi connectivity index (χ3v) is 10.3. The molecule has 1 aromatic heterocycles. The Morgan fingerprint density at radius 1 is 1.02 bits per heavy atom. The molecule has 0 unspecified atom stereocenters. The van der Waals surface area contributed by atoms with Crippen molar-refractivity contribution in [3.05, 3.63) is 41.1 Å². The number of sulfonamides is 1. The van der Waals surface area contributed by atoms with E-state index < -0.39 is 21.2 Å². The second-order valence-corrected chi connectivity index (χ2v) is 16.2. The summed E-state index contributed by atoms with van der Waals surface area (Å²) in [5.41, 5.74) is 2.03. The van der Waals surface area contributed by atoms with Gasteiger partial charge in [0.25, 0.3) is 5.91 Å². The number of aromatic nitrogens is 1. The molecule has 3 N–H and O–H groups in total. The van der Waals surface area contributed by atoms with Crippen LogP contribution in [0, 0.1) is 12.8 Å². The largest absolute Gasteiger partial charge is 0.388 e. The Morgan fingerprint density at radius 2 is 1.67 bits per heavy atom. The van der Waals surface area contributed by atoms with Crippen LogP contribution in [0.25, 0.3) is 11.3 Å². The first-order chi connectivity index (χ1) is 19.5. The zero-order valence-corrected chi connectivity index (χ0v) is 27.4. The summed E-state index contributed by atoms with van der Waals surface area (Å²) in [6.07, 6.45) is 6.92. The third-order valence-electron chi connectivity index (χ3n) is 8.60. The van der Waals surface area contributed by atoms with Gasteiger partial charge in [0.1, 0.15) is 0 Å². The van der Waals surface area contributed by atoms with E-state index in [2.05, 4.69) is 41.4 Å².